The van der Waals surface area contributed by atoms with Gasteiger partial charge in [-0.1, -0.05) is 18.5 Å². The van der Waals surface area contributed by atoms with E-state index in [9.17, 15) is 4.79 Å². The van der Waals surface area contributed by atoms with Crippen LogP contribution in [0.4, 0.5) is 0 Å². The summed E-state index contributed by atoms with van der Waals surface area (Å²) in [6.45, 7) is 4.05. The lowest BCUT2D eigenvalue weighted by atomic mass is 10.0. The van der Waals surface area contributed by atoms with Crippen molar-refractivity contribution in [1.82, 2.24) is 4.98 Å². The van der Waals surface area contributed by atoms with Gasteiger partial charge in [-0.3, -0.25) is 4.79 Å². The lowest BCUT2D eigenvalue weighted by Crippen LogP contribution is -2.10. The van der Waals surface area contributed by atoms with Gasteiger partial charge in [-0.05, 0) is 19.1 Å². The second kappa shape index (κ2) is 6.45. The van der Waals surface area contributed by atoms with E-state index in [-0.39, 0.29) is 18.3 Å². The van der Waals surface area contributed by atoms with Crippen molar-refractivity contribution in [2.45, 2.75) is 26.2 Å². The van der Waals surface area contributed by atoms with Crippen molar-refractivity contribution in [2.75, 3.05) is 13.7 Å². The number of methoxy groups -OCH3 is 1. The van der Waals surface area contributed by atoms with E-state index in [0.717, 1.165) is 0 Å². The second-order valence-corrected chi connectivity index (χ2v) is 4.02. The molecule has 1 aromatic heterocycles. The molecule has 0 amide bonds. The first-order valence-electron chi connectivity index (χ1n) is 5.44. The first-order chi connectivity index (χ1) is 8.08. The van der Waals surface area contributed by atoms with E-state index in [1.165, 1.54) is 0 Å². The van der Waals surface area contributed by atoms with Crippen molar-refractivity contribution >= 4 is 17.6 Å². The fourth-order valence-electron chi connectivity index (χ4n) is 1.53. The maximum atomic E-state index is 11.4. The van der Waals surface area contributed by atoms with Crippen LogP contribution in [0.15, 0.2) is 12.1 Å². The average molecular weight is 258 g/mol. The van der Waals surface area contributed by atoms with E-state index >= 15 is 0 Å². The molecule has 1 aromatic rings. The van der Waals surface area contributed by atoms with Crippen LogP contribution in [-0.2, 0) is 9.53 Å². The summed E-state index contributed by atoms with van der Waals surface area (Å²) >= 11 is 5.83. The van der Waals surface area contributed by atoms with Crippen LogP contribution in [0, 0.1) is 0 Å². The van der Waals surface area contributed by atoms with Crippen LogP contribution in [-0.4, -0.2) is 24.7 Å². The van der Waals surface area contributed by atoms with Gasteiger partial charge in [-0.2, -0.15) is 0 Å². The SMILES string of the molecule is CCOC(=O)CC(C)c1nc(Cl)ccc1OC. The fraction of sp³-hybridized carbons (Fsp3) is 0.500. The summed E-state index contributed by atoms with van der Waals surface area (Å²) in [4.78, 5) is 15.6. The van der Waals surface area contributed by atoms with Gasteiger partial charge in [-0.25, -0.2) is 4.98 Å². The molecule has 17 heavy (non-hydrogen) atoms. The Morgan fingerprint density at radius 3 is 2.82 bits per heavy atom. The van der Waals surface area contributed by atoms with E-state index in [2.05, 4.69) is 4.98 Å². The lowest BCUT2D eigenvalue weighted by molar-refractivity contribution is -0.143. The van der Waals surface area contributed by atoms with E-state index in [0.29, 0.717) is 23.2 Å². The Bertz CT molecular complexity index is 395. The van der Waals surface area contributed by atoms with Crippen LogP contribution in [0.1, 0.15) is 31.9 Å². The van der Waals surface area contributed by atoms with Crippen LogP contribution in [0.25, 0.3) is 0 Å². The molecule has 1 rings (SSSR count). The van der Waals surface area contributed by atoms with Crippen molar-refractivity contribution < 1.29 is 14.3 Å². The normalized spacial score (nSPS) is 12.0. The van der Waals surface area contributed by atoms with Crippen molar-refractivity contribution in [3.05, 3.63) is 23.0 Å². The molecule has 0 aliphatic rings. The van der Waals surface area contributed by atoms with E-state index in [1.54, 1.807) is 26.2 Å². The zero-order chi connectivity index (χ0) is 12.8. The number of pyridine rings is 1. The Morgan fingerprint density at radius 1 is 1.53 bits per heavy atom. The molecule has 1 heterocycles. The highest BCUT2D eigenvalue weighted by atomic mass is 35.5. The minimum absolute atomic E-state index is 0.0947. The fourth-order valence-corrected chi connectivity index (χ4v) is 1.68. The summed E-state index contributed by atoms with van der Waals surface area (Å²) in [6.07, 6.45) is 0.261. The highest BCUT2D eigenvalue weighted by molar-refractivity contribution is 6.29. The predicted octanol–water partition coefficient (Wildman–Crippen LogP) is 2.80. The molecule has 94 valence electrons. The van der Waals surface area contributed by atoms with Gasteiger partial charge < -0.3 is 9.47 Å². The Balaban J connectivity index is 2.83. The Hall–Kier alpha value is -1.29. The third-order valence-electron chi connectivity index (χ3n) is 2.32. The zero-order valence-electron chi connectivity index (χ0n) is 10.2. The molecule has 1 atom stereocenters. The molecule has 0 fully saturated rings. The number of carbonyl (C=O) groups excluding carboxylic acids is 1. The summed E-state index contributed by atoms with van der Waals surface area (Å²) in [5.74, 6) is 0.290. The Kier molecular flexibility index (Phi) is 5.22. The number of nitrogens with zero attached hydrogens (tertiary/aromatic N) is 1. The molecule has 0 saturated heterocycles. The molecule has 0 aliphatic carbocycles. The standard InChI is InChI=1S/C12H16ClNO3/c1-4-17-11(15)7-8(2)12-9(16-3)5-6-10(13)14-12/h5-6,8H,4,7H2,1-3H3. The van der Waals surface area contributed by atoms with Gasteiger partial charge in [0.2, 0.25) is 0 Å². The van der Waals surface area contributed by atoms with Gasteiger partial charge >= 0.3 is 5.97 Å². The quantitative estimate of drug-likeness (QED) is 0.601. The third-order valence-corrected chi connectivity index (χ3v) is 2.53. The van der Waals surface area contributed by atoms with Gasteiger partial charge in [-0.15, -0.1) is 0 Å². The van der Waals surface area contributed by atoms with Gasteiger partial charge in [0.05, 0.1) is 25.8 Å². The first-order valence-corrected chi connectivity index (χ1v) is 5.82. The lowest BCUT2D eigenvalue weighted by Gasteiger charge is -2.14. The molecule has 4 nitrogen and oxygen atoms in total. The number of hydrogen-bond donors (Lipinski definition) is 0. The molecule has 0 saturated carbocycles. The molecule has 0 radical (unpaired) electrons. The maximum absolute atomic E-state index is 11.4. The predicted molar refractivity (Wildman–Crippen MR) is 65.5 cm³/mol. The van der Waals surface area contributed by atoms with Crippen LogP contribution < -0.4 is 4.74 Å². The molecule has 0 spiro atoms. The molecule has 0 bridgehead atoms. The van der Waals surface area contributed by atoms with Crippen LogP contribution in [0.3, 0.4) is 0 Å². The van der Waals surface area contributed by atoms with E-state index in [4.69, 9.17) is 21.1 Å². The number of aromatic nitrogens is 1. The average Bonchev–Trinajstić information content (AvgIpc) is 2.29. The first kappa shape index (κ1) is 13.8. The summed E-state index contributed by atoms with van der Waals surface area (Å²) in [5, 5.41) is 0.386. The molecular weight excluding hydrogens is 242 g/mol. The largest absolute Gasteiger partial charge is 0.495 e. The van der Waals surface area contributed by atoms with Gasteiger partial charge in [0.15, 0.2) is 0 Å². The molecular formula is C12H16ClNO3. The number of carbonyl (C=O) groups is 1. The summed E-state index contributed by atoms with van der Waals surface area (Å²) in [6, 6.07) is 3.40. The Labute approximate surface area is 106 Å². The number of halogens is 1. The molecule has 0 N–H and O–H groups in total. The molecule has 0 aliphatic heterocycles. The minimum atomic E-state index is -0.246. The van der Waals surface area contributed by atoms with Crippen LogP contribution in [0.2, 0.25) is 5.15 Å². The minimum Gasteiger partial charge on any atom is -0.495 e. The second-order valence-electron chi connectivity index (χ2n) is 3.63. The van der Waals surface area contributed by atoms with Crippen molar-refractivity contribution in [3.63, 3.8) is 0 Å². The van der Waals surface area contributed by atoms with Gasteiger partial charge in [0, 0.05) is 5.92 Å². The monoisotopic (exact) mass is 257 g/mol. The highest BCUT2D eigenvalue weighted by Gasteiger charge is 2.18. The van der Waals surface area contributed by atoms with Crippen molar-refractivity contribution in [2.24, 2.45) is 0 Å². The highest BCUT2D eigenvalue weighted by Crippen LogP contribution is 2.28. The maximum Gasteiger partial charge on any atom is 0.306 e. The van der Waals surface area contributed by atoms with Crippen molar-refractivity contribution in [3.8, 4) is 5.75 Å². The topological polar surface area (TPSA) is 48.4 Å². The molecule has 5 heteroatoms. The van der Waals surface area contributed by atoms with Crippen molar-refractivity contribution in [1.29, 1.82) is 0 Å². The number of rotatable bonds is 5. The van der Waals surface area contributed by atoms with Crippen LogP contribution in [0.5, 0.6) is 5.75 Å². The zero-order valence-corrected chi connectivity index (χ0v) is 11.0. The number of hydrogen-bond acceptors (Lipinski definition) is 4. The summed E-state index contributed by atoms with van der Waals surface area (Å²) in [7, 11) is 1.56. The van der Waals surface area contributed by atoms with E-state index in [1.807, 2.05) is 6.92 Å². The summed E-state index contributed by atoms with van der Waals surface area (Å²) < 4.78 is 10.1. The Morgan fingerprint density at radius 2 is 2.24 bits per heavy atom. The number of ether oxygens (including phenoxy) is 2. The molecule has 1 unspecified atom stereocenters. The summed E-state index contributed by atoms with van der Waals surface area (Å²) in [5.41, 5.74) is 0.674. The van der Waals surface area contributed by atoms with E-state index < -0.39 is 0 Å². The number of esters is 1. The van der Waals surface area contributed by atoms with Gasteiger partial charge in [0.25, 0.3) is 0 Å². The van der Waals surface area contributed by atoms with Crippen LogP contribution >= 0.6 is 11.6 Å². The van der Waals surface area contributed by atoms with Gasteiger partial charge in [0.1, 0.15) is 10.9 Å². The molecule has 0 aromatic carbocycles. The smallest absolute Gasteiger partial charge is 0.306 e. The third kappa shape index (κ3) is 3.89.